The molecular weight excluding hydrogens is 264 g/mol. The molecule has 0 aromatic carbocycles. The smallest absolute Gasteiger partial charge is 0.0956 e. The maximum Gasteiger partial charge on any atom is 0.0956 e. The molecule has 1 rings (SSSR count). The van der Waals surface area contributed by atoms with Gasteiger partial charge in [0.25, 0.3) is 0 Å². The minimum absolute atomic E-state index is 0.174. The first-order valence-corrected chi connectivity index (χ1v) is 6.16. The molecule has 0 N–H and O–H groups in total. The molecule has 90 valence electrons. The summed E-state index contributed by atoms with van der Waals surface area (Å²) >= 11 is 3.50. The quantitative estimate of drug-likeness (QED) is 0.496. The lowest BCUT2D eigenvalue weighted by atomic mass is 10.3. The van der Waals surface area contributed by atoms with Crippen LogP contribution in [0.15, 0.2) is 0 Å². The topological polar surface area (TPSA) is 36.9 Å². The maximum absolute atomic E-state index is 5.59. The molecule has 0 amide bonds. The third kappa shape index (κ3) is 5.82. The lowest BCUT2D eigenvalue weighted by Crippen LogP contribution is -2.24. The van der Waals surface area contributed by atoms with Gasteiger partial charge in [-0.1, -0.05) is 15.9 Å². The van der Waals surface area contributed by atoms with Crippen LogP contribution in [0.5, 0.6) is 0 Å². The van der Waals surface area contributed by atoms with Gasteiger partial charge in [0.15, 0.2) is 0 Å². The van der Waals surface area contributed by atoms with E-state index >= 15 is 0 Å². The fourth-order valence-electron chi connectivity index (χ4n) is 1.33. The molecule has 2 unspecified atom stereocenters. The molecule has 5 heteroatoms. The highest BCUT2D eigenvalue weighted by molar-refractivity contribution is 9.09. The average Bonchev–Trinajstić information content (AvgIpc) is 2.63. The van der Waals surface area contributed by atoms with Crippen molar-refractivity contribution in [3.05, 3.63) is 0 Å². The van der Waals surface area contributed by atoms with Crippen molar-refractivity contribution in [2.45, 2.75) is 17.4 Å². The summed E-state index contributed by atoms with van der Waals surface area (Å²) in [6.45, 7) is 4.17. The highest BCUT2D eigenvalue weighted by atomic mass is 79.9. The normalized spacial score (nSPS) is 26.0. The van der Waals surface area contributed by atoms with Gasteiger partial charge in [0.2, 0.25) is 0 Å². The van der Waals surface area contributed by atoms with Crippen molar-refractivity contribution >= 4 is 15.9 Å². The van der Waals surface area contributed by atoms with Gasteiger partial charge in [-0.3, -0.25) is 0 Å². The summed E-state index contributed by atoms with van der Waals surface area (Å²) in [5.41, 5.74) is 0. The molecule has 0 saturated carbocycles. The molecule has 1 aliphatic heterocycles. The first kappa shape index (κ1) is 13.4. The van der Waals surface area contributed by atoms with E-state index in [0.29, 0.717) is 24.6 Å². The molecule has 1 heterocycles. The zero-order valence-corrected chi connectivity index (χ0v) is 10.7. The highest BCUT2D eigenvalue weighted by Crippen LogP contribution is 2.17. The lowest BCUT2D eigenvalue weighted by Gasteiger charge is -2.13. The summed E-state index contributed by atoms with van der Waals surface area (Å²) in [5.74, 6) is 0. The molecule has 0 radical (unpaired) electrons. The molecule has 4 nitrogen and oxygen atoms in total. The fourth-order valence-corrected chi connectivity index (χ4v) is 1.82. The molecule has 1 aliphatic rings. The van der Waals surface area contributed by atoms with Crippen molar-refractivity contribution in [1.82, 2.24) is 0 Å². The van der Waals surface area contributed by atoms with Gasteiger partial charge in [-0.05, 0) is 6.42 Å². The van der Waals surface area contributed by atoms with Gasteiger partial charge < -0.3 is 18.9 Å². The van der Waals surface area contributed by atoms with Gasteiger partial charge in [-0.15, -0.1) is 0 Å². The molecule has 0 bridgehead atoms. The molecule has 0 spiro atoms. The standard InChI is InChI=1S/C10H19BrO4/c1-12-3-2-4-13-5-6-15-10-8-14-7-9(10)11/h9-10H,2-8H2,1H3. The van der Waals surface area contributed by atoms with E-state index in [-0.39, 0.29) is 6.10 Å². The summed E-state index contributed by atoms with van der Waals surface area (Å²) in [5, 5.41) is 0. The number of ether oxygens (including phenoxy) is 4. The summed E-state index contributed by atoms with van der Waals surface area (Å²) in [7, 11) is 1.69. The molecule has 1 fully saturated rings. The van der Waals surface area contributed by atoms with Crippen molar-refractivity contribution < 1.29 is 18.9 Å². The van der Waals surface area contributed by atoms with Crippen LogP contribution >= 0.6 is 15.9 Å². The first-order valence-electron chi connectivity index (χ1n) is 5.24. The van der Waals surface area contributed by atoms with Crippen LogP contribution in [0, 0.1) is 0 Å². The second-order valence-electron chi connectivity index (χ2n) is 3.42. The van der Waals surface area contributed by atoms with Crippen molar-refractivity contribution in [2.24, 2.45) is 0 Å². The van der Waals surface area contributed by atoms with Crippen LogP contribution in [0.2, 0.25) is 0 Å². The van der Waals surface area contributed by atoms with Crippen molar-refractivity contribution in [3.63, 3.8) is 0 Å². The van der Waals surface area contributed by atoms with Gasteiger partial charge in [0, 0.05) is 20.3 Å². The molecular formula is C10H19BrO4. The molecule has 0 aliphatic carbocycles. The number of rotatable bonds is 8. The van der Waals surface area contributed by atoms with E-state index in [4.69, 9.17) is 18.9 Å². The van der Waals surface area contributed by atoms with E-state index in [0.717, 1.165) is 26.2 Å². The average molecular weight is 283 g/mol. The van der Waals surface area contributed by atoms with E-state index in [9.17, 15) is 0 Å². The predicted molar refractivity (Wildman–Crippen MR) is 60.6 cm³/mol. The van der Waals surface area contributed by atoms with Gasteiger partial charge in [-0.25, -0.2) is 0 Å². The molecule has 1 saturated heterocycles. The second-order valence-corrected chi connectivity index (χ2v) is 4.60. The summed E-state index contributed by atoms with van der Waals surface area (Å²) < 4.78 is 21.1. The Morgan fingerprint density at radius 3 is 2.73 bits per heavy atom. The molecule has 2 atom stereocenters. The van der Waals surface area contributed by atoms with Crippen molar-refractivity contribution in [3.8, 4) is 0 Å². The zero-order valence-electron chi connectivity index (χ0n) is 9.12. The Bertz CT molecular complexity index is 156. The number of alkyl halides is 1. The zero-order chi connectivity index (χ0) is 10.9. The van der Waals surface area contributed by atoms with Crippen LogP contribution in [0.25, 0.3) is 0 Å². The Kier molecular flexibility index (Phi) is 7.56. The third-order valence-electron chi connectivity index (χ3n) is 2.16. The Balaban J connectivity index is 1.84. The van der Waals surface area contributed by atoms with Gasteiger partial charge in [0.1, 0.15) is 0 Å². The van der Waals surface area contributed by atoms with Gasteiger partial charge in [-0.2, -0.15) is 0 Å². The number of halogens is 1. The van der Waals surface area contributed by atoms with Crippen LogP contribution in [-0.4, -0.2) is 57.7 Å². The van der Waals surface area contributed by atoms with Gasteiger partial charge in [0.05, 0.1) is 37.4 Å². The number of hydrogen-bond acceptors (Lipinski definition) is 4. The Hall–Kier alpha value is 0.320. The molecule has 0 aromatic rings. The molecule has 15 heavy (non-hydrogen) atoms. The van der Waals surface area contributed by atoms with E-state index in [1.165, 1.54) is 0 Å². The maximum atomic E-state index is 5.59. The van der Waals surface area contributed by atoms with E-state index in [1.54, 1.807) is 7.11 Å². The molecule has 0 aromatic heterocycles. The van der Waals surface area contributed by atoms with E-state index in [2.05, 4.69) is 15.9 Å². The lowest BCUT2D eigenvalue weighted by molar-refractivity contribution is -0.000285. The Morgan fingerprint density at radius 1 is 1.20 bits per heavy atom. The summed E-state index contributed by atoms with van der Waals surface area (Å²) in [4.78, 5) is 0.325. The van der Waals surface area contributed by atoms with Crippen molar-refractivity contribution in [2.75, 3.05) is 46.8 Å². The van der Waals surface area contributed by atoms with Crippen molar-refractivity contribution in [1.29, 1.82) is 0 Å². The van der Waals surface area contributed by atoms with E-state index < -0.39 is 0 Å². The SMILES string of the molecule is COCCCOCCOC1COCC1Br. The fraction of sp³-hybridized carbons (Fsp3) is 1.00. The van der Waals surface area contributed by atoms with Gasteiger partial charge >= 0.3 is 0 Å². The predicted octanol–water partition coefficient (Wildman–Crippen LogP) is 1.22. The minimum atomic E-state index is 0.174. The highest BCUT2D eigenvalue weighted by Gasteiger charge is 2.26. The summed E-state index contributed by atoms with van der Waals surface area (Å²) in [6, 6.07) is 0. The van der Waals surface area contributed by atoms with Crippen LogP contribution in [0.3, 0.4) is 0 Å². The number of methoxy groups -OCH3 is 1. The minimum Gasteiger partial charge on any atom is -0.385 e. The summed E-state index contributed by atoms with van der Waals surface area (Å²) in [6.07, 6.45) is 1.11. The largest absolute Gasteiger partial charge is 0.385 e. The first-order chi connectivity index (χ1) is 7.34. The van der Waals surface area contributed by atoms with Crippen LogP contribution < -0.4 is 0 Å². The van der Waals surface area contributed by atoms with Crippen LogP contribution in [0.4, 0.5) is 0 Å². The van der Waals surface area contributed by atoms with Crippen LogP contribution in [-0.2, 0) is 18.9 Å². The monoisotopic (exact) mass is 282 g/mol. The van der Waals surface area contributed by atoms with E-state index in [1.807, 2.05) is 0 Å². The van der Waals surface area contributed by atoms with Crippen LogP contribution in [0.1, 0.15) is 6.42 Å². The Labute approximate surface area is 99.3 Å². The number of hydrogen-bond donors (Lipinski definition) is 0. The Morgan fingerprint density at radius 2 is 2.07 bits per heavy atom. The second kappa shape index (κ2) is 8.47. The third-order valence-corrected chi connectivity index (χ3v) is 3.01.